The zero-order chi connectivity index (χ0) is 22.5. The summed E-state index contributed by atoms with van der Waals surface area (Å²) in [6.45, 7) is 3.87. The number of nitrogens with one attached hydrogen (secondary N) is 1. The monoisotopic (exact) mass is 427 g/mol. The van der Waals surface area contributed by atoms with Crippen molar-refractivity contribution < 1.29 is 24.6 Å². The summed E-state index contributed by atoms with van der Waals surface area (Å²) in [6, 6.07) is 8.54. The van der Waals surface area contributed by atoms with Crippen LogP contribution in [0, 0.1) is 0 Å². The summed E-state index contributed by atoms with van der Waals surface area (Å²) in [5, 5.41) is 22.9. The molecule has 0 atom stereocenters. The van der Waals surface area contributed by atoms with Gasteiger partial charge in [0.15, 0.2) is 0 Å². The molecule has 8 heteroatoms. The lowest BCUT2D eigenvalue weighted by atomic mass is 9.93. The number of hydrogen-bond donors (Lipinski definition) is 4. The maximum Gasteiger partial charge on any atom is 0.325 e. The van der Waals surface area contributed by atoms with E-state index < -0.39 is 5.91 Å². The number of benzene rings is 1. The van der Waals surface area contributed by atoms with Crippen LogP contribution in [-0.4, -0.2) is 41.7 Å². The summed E-state index contributed by atoms with van der Waals surface area (Å²) in [4.78, 5) is 17.5. The minimum atomic E-state index is -0.475. The highest BCUT2D eigenvalue weighted by atomic mass is 16.5. The molecule has 5 N–H and O–H groups in total. The lowest BCUT2D eigenvalue weighted by Crippen LogP contribution is -2.43. The average Bonchev–Trinajstić information content (AvgIpc) is 2.74. The highest BCUT2D eigenvalue weighted by Gasteiger charge is 2.26. The normalized spacial score (nSPS) is 19.0. The van der Waals surface area contributed by atoms with Crippen LogP contribution in [0.25, 0.3) is 0 Å². The number of anilines is 2. The zero-order valence-corrected chi connectivity index (χ0v) is 18.2. The molecule has 31 heavy (non-hydrogen) atoms. The number of carbonyl (C=O) groups excluding carboxylic acids is 1. The number of ether oxygens (including phenoxy) is 1. The molecule has 0 radical (unpaired) electrons. The Hall–Kier alpha value is -3.13. The van der Waals surface area contributed by atoms with Crippen LogP contribution >= 0.6 is 0 Å². The number of nitrogen functional groups attached to an aromatic ring is 1. The van der Waals surface area contributed by atoms with Crippen molar-refractivity contribution in [3.8, 4) is 5.75 Å². The third-order valence-corrected chi connectivity index (χ3v) is 5.56. The first-order chi connectivity index (χ1) is 14.8. The van der Waals surface area contributed by atoms with Gasteiger partial charge in [-0.2, -0.15) is 0 Å². The second-order valence-electron chi connectivity index (χ2n) is 8.18. The predicted octanol–water partition coefficient (Wildman–Crippen LogP) is 2.90. The van der Waals surface area contributed by atoms with E-state index in [4.69, 9.17) is 10.5 Å². The molecule has 1 amide bonds. The van der Waals surface area contributed by atoms with Crippen molar-refractivity contribution in [2.75, 3.05) is 18.2 Å². The molecule has 1 heterocycles. The Labute approximate surface area is 182 Å². The van der Waals surface area contributed by atoms with Crippen LogP contribution in [0.3, 0.4) is 0 Å². The van der Waals surface area contributed by atoms with E-state index in [2.05, 4.69) is 10.3 Å². The van der Waals surface area contributed by atoms with Gasteiger partial charge in [-0.25, -0.2) is 0 Å². The third-order valence-electron chi connectivity index (χ3n) is 5.56. The number of aliphatic hydroxyl groups excluding tert-OH is 1. The number of methoxy groups -OCH3 is 1. The maximum atomic E-state index is 12.9. The van der Waals surface area contributed by atoms with E-state index in [1.54, 1.807) is 36.5 Å². The summed E-state index contributed by atoms with van der Waals surface area (Å²) in [5.41, 5.74) is 8.46. The largest absolute Gasteiger partial charge is 0.494 e. The Balaban J connectivity index is 1.84. The quantitative estimate of drug-likeness (QED) is 0.244. The molecule has 166 valence electrons. The van der Waals surface area contributed by atoms with Crippen molar-refractivity contribution in [1.82, 2.24) is 0 Å². The van der Waals surface area contributed by atoms with Crippen molar-refractivity contribution in [2.45, 2.75) is 57.6 Å². The Morgan fingerprint density at radius 3 is 2.65 bits per heavy atom. The fraction of sp³-hybridized carbons (Fsp3) is 0.435. The van der Waals surface area contributed by atoms with Gasteiger partial charge in [0.25, 0.3) is 0 Å². The smallest absolute Gasteiger partial charge is 0.325 e. The molecule has 0 aliphatic heterocycles. The summed E-state index contributed by atoms with van der Waals surface area (Å²) in [5.74, 6) is -0.0157. The molecular formula is C23H31N4O4+. The van der Waals surface area contributed by atoms with Crippen LogP contribution < -0.4 is 20.5 Å². The Bertz CT molecular complexity index is 966. The number of nitrogens with two attached hydrogens (primary N) is 1. The SMILES string of the molecule is COc1cc(N)c(C=NC2CCC(O)CC2)cc1NC(=O)c1cccc(C(C)C)[n+]1O. The maximum absolute atomic E-state index is 12.9. The topological polar surface area (TPSA) is 121 Å². The molecule has 0 spiro atoms. The lowest BCUT2D eigenvalue weighted by Gasteiger charge is -2.22. The molecule has 1 aromatic carbocycles. The van der Waals surface area contributed by atoms with Gasteiger partial charge in [-0.1, -0.05) is 13.8 Å². The van der Waals surface area contributed by atoms with E-state index in [0.29, 0.717) is 28.4 Å². The average molecular weight is 428 g/mol. The number of pyridine rings is 1. The summed E-state index contributed by atoms with van der Waals surface area (Å²) in [6.07, 6.45) is 4.64. The fourth-order valence-corrected chi connectivity index (χ4v) is 3.70. The zero-order valence-electron chi connectivity index (χ0n) is 18.2. The second kappa shape index (κ2) is 9.78. The van der Waals surface area contributed by atoms with Gasteiger partial charge >= 0.3 is 11.6 Å². The molecule has 1 saturated carbocycles. The predicted molar refractivity (Wildman–Crippen MR) is 119 cm³/mol. The van der Waals surface area contributed by atoms with Crippen LogP contribution in [0.4, 0.5) is 11.4 Å². The summed E-state index contributed by atoms with van der Waals surface area (Å²) >= 11 is 0. The van der Waals surface area contributed by atoms with Gasteiger partial charge in [0.05, 0.1) is 24.9 Å². The van der Waals surface area contributed by atoms with Gasteiger partial charge in [0, 0.05) is 46.3 Å². The van der Waals surface area contributed by atoms with Gasteiger partial charge in [0.1, 0.15) is 5.75 Å². The standard InChI is InChI=1S/C23H30N4O4/c1-14(2)20-5-4-6-21(27(20)30)23(29)26-19-11-15(18(24)12-22(19)31-3)13-25-16-7-9-17(28)10-8-16/h4-6,11-14,16-17,24,28-30H,7-10H2,1-3H3/p+1. The minimum Gasteiger partial charge on any atom is -0.494 e. The number of carbonyl (C=O) groups is 1. The van der Waals surface area contributed by atoms with E-state index in [-0.39, 0.29) is 23.8 Å². The number of hydrogen-bond acceptors (Lipinski definition) is 6. The number of aromatic nitrogens is 1. The van der Waals surface area contributed by atoms with E-state index in [9.17, 15) is 15.1 Å². The lowest BCUT2D eigenvalue weighted by molar-refractivity contribution is -0.911. The molecule has 0 unspecified atom stereocenters. The Morgan fingerprint density at radius 2 is 2.00 bits per heavy atom. The molecule has 1 aliphatic carbocycles. The number of rotatable bonds is 6. The van der Waals surface area contributed by atoms with Gasteiger partial charge in [-0.3, -0.25) is 15.0 Å². The van der Waals surface area contributed by atoms with Gasteiger partial charge in [0.2, 0.25) is 5.69 Å². The molecule has 0 bridgehead atoms. The van der Waals surface area contributed by atoms with Gasteiger partial charge in [-0.15, -0.1) is 0 Å². The van der Waals surface area contributed by atoms with Crippen molar-refractivity contribution in [3.63, 3.8) is 0 Å². The number of aliphatic imine (C=N–C) groups is 1. The van der Waals surface area contributed by atoms with Crippen molar-refractivity contribution in [1.29, 1.82) is 0 Å². The van der Waals surface area contributed by atoms with Gasteiger partial charge in [-0.05, 0) is 37.8 Å². The molecule has 1 fully saturated rings. The number of amides is 1. The highest BCUT2D eigenvalue weighted by molar-refractivity contribution is 6.04. The van der Waals surface area contributed by atoms with Crippen molar-refractivity contribution in [3.05, 3.63) is 47.3 Å². The number of nitrogens with zero attached hydrogens (tertiary/aromatic N) is 2. The van der Waals surface area contributed by atoms with Crippen molar-refractivity contribution in [2.24, 2.45) is 4.99 Å². The highest BCUT2D eigenvalue weighted by Crippen LogP contribution is 2.30. The summed E-state index contributed by atoms with van der Waals surface area (Å²) in [7, 11) is 1.50. The third kappa shape index (κ3) is 5.32. The van der Waals surface area contributed by atoms with E-state index >= 15 is 0 Å². The molecule has 2 aromatic rings. The first kappa shape index (κ1) is 22.6. The van der Waals surface area contributed by atoms with Crippen LogP contribution in [0.5, 0.6) is 5.75 Å². The molecule has 1 aliphatic rings. The molecule has 8 nitrogen and oxygen atoms in total. The first-order valence-electron chi connectivity index (χ1n) is 10.5. The summed E-state index contributed by atoms with van der Waals surface area (Å²) < 4.78 is 6.29. The van der Waals surface area contributed by atoms with E-state index in [1.165, 1.54) is 7.11 Å². The Kier molecular flexibility index (Phi) is 7.12. The molecule has 3 rings (SSSR count). The molecule has 0 saturated heterocycles. The Morgan fingerprint density at radius 1 is 1.29 bits per heavy atom. The van der Waals surface area contributed by atoms with Crippen LogP contribution in [0.2, 0.25) is 0 Å². The molecular weight excluding hydrogens is 396 g/mol. The van der Waals surface area contributed by atoms with E-state index in [1.807, 2.05) is 13.8 Å². The number of aliphatic hydroxyl groups is 1. The first-order valence-corrected chi connectivity index (χ1v) is 10.5. The van der Waals surface area contributed by atoms with Crippen LogP contribution in [0.1, 0.15) is 67.2 Å². The van der Waals surface area contributed by atoms with Crippen molar-refractivity contribution >= 4 is 23.5 Å². The minimum absolute atomic E-state index is 0.0486. The molecule has 1 aromatic heterocycles. The van der Waals surface area contributed by atoms with E-state index in [0.717, 1.165) is 30.4 Å². The van der Waals surface area contributed by atoms with Gasteiger partial charge < -0.3 is 20.9 Å². The fourth-order valence-electron chi connectivity index (χ4n) is 3.70. The second-order valence-corrected chi connectivity index (χ2v) is 8.18. The van der Waals surface area contributed by atoms with Crippen LogP contribution in [-0.2, 0) is 0 Å². The van der Waals surface area contributed by atoms with Crippen LogP contribution in [0.15, 0.2) is 35.3 Å².